The maximum absolute atomic E-state index is 13.4. The monoisotopic (exact) mass is 214 g/mol. The molecule has 1 aromatic carbocycles. The number of hydrogen-bond donors (Lipinski definition) is 0. The molecule has 14 heavy (non-hydrogen) atoms. The summed E-state index contributed by atoms with van der Waals surface area (Å²) in [6.45, 7) is 5.42. The van der Waals surface area contributed by atoms with E-state index in [0.29, 0.717) is 22.8 Å². The lowest BCUT2D eigenvalue weighted by Gasteiger charge is -2.11. The molecule has 0 aliphatic rings. The second-order valence-corrected chi connectivity index (χ2v) is 3.21. The molecule has 0 heterocycles. The number of aryl methyl sites for hydroxylation is 1. The van der Waals surface area contributed by atoms with Crippen LogP contribution in [0.1, 0.15) is 18.1 Å². The summed E-state index contributed by atoms with van der Waals surface area (Å²) in [5, 5.41) is 0.291. The molecule has 0 saturated heterocycles. The molecule has 1 nitrogen and oxygen atoms in total. The van der Waals surface area contributed by atoms with Gasteiger partial charge in [0.1, 0.15) is 11.6 Å². The Balaban J connectivity index is 3.46. The van der Waals surface area contributed by atoms with Crippen molar-refractivity contribution in [2.75, 3.05) is 7.11 Å². The molecule has 0 unspecified atom stereocenters. The first-order valence-corrected chi connectivity index (χ1v) is 4.70. The van der Waals surface area contributed by atoms with E-state index in [2.05, 4.69) is 6.58 Å². The van der Waals surface area contributed by atoms with Gasteiger partial charge in [-0.3, -0.25) is 0 Å². The standard InChI is InChI=1S/C11H12ClFO/c1-4-7-6-9(13)8(5-2)10(12)11(7)14-3/h5-6H,2,4H2,1,3H3. The third-order valence-electron chi connectivity index (χ3n) is 2.07. The van der Waals surface area contributed by atoms with E-state index in [-0.39, 0.29) is 5.82 Å². The first kappa shape index (κ1) is 11.1. The summed E-state index contributed by atoms with van der Waals surface area (Å²) >= 11 is 5.96. The molecule has 0 aliphatic heterocycles. The van der Waals surface area contributed by atoms with Crippen LogP contribution in [-0.2, 0) is 6.42 Å². The van der Waals surface area contributed by atoms with Crippen molar-refractivity contribution in [1.29, 1.82) is 0 Å². The molecule has 0 bridgehead atoms. The molecule has 0 aromatic heterocycles. The van der Waals surface area contributed by atoms with Crippen LogP contribution in [0.5, 0.6) is 5.75 Å². The van der Waals surface area contributed by atoms with Crippen LogP contribution in [0.25, 0.3) is 6.08 Å². The number of rotatable bonds is 3. The Labute approximate surface area is 88.1 Å². The molecule has 1 rings (SSSR count). The molecule has 0 amide bonds. The fourth-order valence-electron chi connectivity index (χ4n) is 1.33. The van der Waals surface area contributed by atoms with Crippen LogP contribution in [0.4, 0.5) is 4.39 Å². The molecule has 3 heteroatoms. The summed E-state index contributed by atoms with van der Waals surface area (Å²) < 4.78 is 18.5. The molecule has 76 valence electrons. The van der Waals surface area contributed by atoms with Crippen LogP contribution in [0.15, 0.2) is 12.6 Å². The number of benzene rings is 1. The third-order valence-corrected chi connectivity index (χ3v) is 2.45. The molecule has 0 saturated carbocycles. The quantitative estimate of drug-likeness (QED) is 0.746. The van der Waals surface area contributed by atoms with Gasteiger partial charge in [0.25, 0.3) is 0 Å². The van der Waals surface area contributed by atoms with Gasteiger partial charge in [-0.05, 0) is 18.1 Å². The van der Waals surface area contributed by atoms with Crippen molar-refractivity contribution in [3.05, 3.63) is 34.6 Å². The van der Waals surface area contributed by atoms with Gasteiger partial charge in [0, 0.05) is 5.56 Å². The van der Waals surface area contributed by atoms with Gasteiger partial charge in [-0.25, -0.2) is 4.39 Å². The average molecular weight is 215 g/mol. The zero-order chi connectivity index (χ0) is 10.7. The highest BCUT2D eigenvalue weighted by Crippen LogP contribution is 2.34. The van der Waals surface area contributed by atoms with Crippen LogP contribution in [0.2, 0.25) is 5.02 Å². The molecule has 0 fully saturated rings. The fourth-order valence-corrected chi connectivity index (χ4v) is 1.70. The Morgan fingerprint density at radius 3 is 2.71 bits per heavy atom. The maximum atomic E-state index is 13.4. The van der Waals surface area contributed by atoms with E-state index in [9.17, 15) is 4.39 Å². The van der Waals surface area contributed by atoms with Crippen molar-refractivity contribution in [2.45, 2.75) is 13.3 Å². The molecular formula is C11H12ClFO. The van der Waals surface area contributed by atoms with Crippen molar-refractivity contribution in [1.82, 2.24) is 0 Å². The predicted molar refractivity (Wildman–Crippen MR) is 57.4 cm³/mol. The summed E-state index contributed by atoms with van der Waals surface area (Å²) in [7, 11) is 1.52. The summed E-state index contributed by atoms with van der Waals surface area (Å²) in [5.74, 6) is 0.174. The summed E-state index contributed by atoms with van der Waals surface area (Å²) in [6, 6.07) is 1.43. The summed E-state index contributed by atoms with van der Waals surface area (Å²) in [4.78, 5) is 0. The first-order valence-electron chi connectivity index (χ1n) is 4.33. The lowest BCUT2D eigenvalue weighted by atomic mass is 10.1. The predicted octanol–water partition coefficient (Wildman–Crippen LogP) is 3.69. The minimum Gasteiger partial charge on any atom is -0.495 e. The lowest BCUT2D eigenvalue weighted by Crippen LogP contribution is -1.96. The van der Waals surface area contributed by atoms with Gasteiger partial charge in [0.15, 0.2) is 0 Å². The highest BCUT2D eigenvalue weighted by molar-refractivity contribution is 6.33. The van der Waals surface area contributed by atoms with E-state index in [1.807, 2.05) is 6.92 Å². The molecular weight excluding hydrogens is 203 g/mol. The number of hydrogen-bond acceptors (Lipinski definition) is 1. The Hall–Kier alpha value is -1.02. The van der Waals surface area contributed by atoms with Crippen LogP contribution >= 0.6 is 11.6 Å². The second-order valence-electron chi connectivity index (χ2n) is 2.84. The van der Waals surface area contributed by atoms with E-state index < -0.39 is 0 Å². The van der Waals surface area contributed by atoms with Crippen molar-refractivity contribution >= 4 is 17.7 Å². The van der Waals surface area contributed by atoms with Gasteiger partial charge in [0.2, 0.25) is 0 Å². The van der Waals surface area contributed by atoms with Gasteiger partial charge in [0.05, 0.1) is 12.1 Å². The maximum Gasteiger partial charge on any atom is 0.141 e. The van der Waals surface area contributed by atoms with Crippen LogP contribution in [-0.4, -0.2) is 7.11 Å². The van der Waals surface area contributed by atoms with Gasteiger partial charge >= 0.3 is 0 Å². The van der Waals surface area contributed by atoms with Crippen LogP contribution < -0.4 is 4.74 Å². The van der Waals surface area contributed by atoms with Crippen molar-refractivity contribution < 1.29 is 9.13 Å². The van der Waals surface area contributed by atoms with Crippen molar-refractivity contribution in [3.8, 4) is 5.75 Å². The van der Waals surface area contributed by atoms with Gasteiger partial charge in [-0.2, -0.15) is 0 Å². The fraction of sp³-hybridized carbons (Fsp3) is 0.273. The lowest BCUT2D eigenvalue weighted by molar-refractivity contribution is 0.409. The van der Waals surface area contributed by atoms with Gasteiger partial charge in [-0.1, -0.05) is 31.2 Å². The zero-order valence-corrected chi connectivity index (χ0v) is 8.99. The summed E-state index contributed by atoms with van der Waals surface area (Å²) in [5.41, 5.74) is 1.06. The summed E-state index contributed by atoms with van der Waals surface area (Å²) in [6.07, 6.45) is 2.07. The zero-order valence-electron chi connectivity index (χ0n) is 8.23. The number of methoxy groups -OCH3 is 1. The Bertz CT molecular complexity index is 361. The van der Waals surface area contributed by atoms with Crippen molar-refractivity contribution in [2.24, 2.45) is 0 Å². The molecule has 1 aromatic rings. The van der Waals surface area contributed by atoms with E-state index >= 15 is 0 Å². The Morgan fingerprint density at radius 2 is 2.29 bits per heavy atom. The number of halogens is 2. The van der Waals surface area contributed by atoms with Gasteiger partial charge < -0.3 is 4.74 Å². The highest BCUT2D eigenvalue weighted by atomic mass is 35.5. The smallest absolute Gasteiger partial charge is 0.141 e. The minimum absolute atomic E-state index is 0.291. The SMILES string of the molecule is C=Cc1c(F)cc(CC)c(OC)c1Cl. The van der Waals surface area contributed by atoms with E-state index in [0.717, 1.165) is 5.56 Å². The molecule has 0 aliphatic carbocycles. The normalized spacial score (nSPS) is 10.0. The number of ether oxygens (including phenoxy) is 1. The Morgan fingerprint density at radius 1 is 1.64 bits per heavy atom. The Kier molecular flexibility index (Phi) is 3.53. The van der Waals surface area contributed by atoms with Crippen LogP contribution in [0, 0.1) is 5.82 Å². The average Bonchev–Trinajstić information content (AvgIpc) is 2.17. The topological polar surface area (TPSA) is 9.23 Å². The van der Waals surface area contributed by atoms with E-state index in [4.69, 9.17) is 16.3 Å². The molecule has 0 N–H and O–H groups in total. The minimum atomic E-state index is -0.359. The van der Waals surface area contributed by atoms with E-state index in [1.165, 1.54) is 19.3 Å². The van der Waals surface area contributed by atoms with Crippen LogP contribution in [0.3, 0.4) is 0 Å². The molecule has 0 atom stereocenters. The largest absolute Gasteiger partial charge is 0.495 e. The molecule has 0 radical (unpaired) electrons. The highest BCUT2D eigenvalue weighted by Gasteiger charge is 2.14. The van der Waals surface area contributed by atoms with Crippen molar-refractivity contribution in [3.63, 3.8) is 0 Å². The van der Waals surface area contributed by atoms with E-state index in [1.54, 1.807) is 0 Å². The molecule has 0 spiro atoms. The second kappa shape index (κ2) is 4.47. The third kappa shape index (κ3) is 1.75. The van der Waals surface area contributed by atoms with Gasteiger partial charge in [-0.15, -0.1) is 0 Å². The first-order chi connectivity index (χ1) is 6.65.